The van der Waals surface area contributed by atoms with E-state index < -0.39 is 11.9 Å². The molecule has 0 aromatic heterocycles. The van der Waals surface area contributed by atoms with Crippen molar-refractivity contribution in [1.29, 1.82) is 0 Å². The standard InChI is InChI=1S/C13H19N3O2/c1-9(2)12(13(14)18)16-11(17)8-15-10-6-4-3-5-7-10/h3-7,9,12,15H,8H2,1-2H3,(H2,14,18)(H,16,17). The summed E-state index contributed by atoms with van der Waals surface area (Å²) in [6.07, 6.45) is 0. The van der Waals surface area contributed by atoms with Gasteiger partial charge in [-0.3, -0.25) is 9.59 Å². The van der Waals surface area contributed by atoms with Crippen molar-refractivity contribution in [2.24, 2.45) is 11.7 Å². The normalized spacial score (nSPS) is 11.9. The van der Waals surface area contributed by atoms with E-state index in [2.05, 4.69) is 10.6 Å². The average Bonchev–Trinajstić information content (AvgIpc) is 2.34. The van der Waals surface area contributed by atoms with Crippen molar-refractivity contribution in [3.05, 3.63) is 30.3 Å². The van der Waals surface area contributed by atoms with Gasteiger partial charge in [-0.25, -0.2) is 0 Å². The number of hydrogen-bond donors (Lipinski definition) is 3. The number of rotatable bonds is 6. The molecule has 1 rings (SSSR count). The molecule has 1 atom stereocenters. The Morgan fingerprint density at radius 1 is 1.22 bits per heavy atom. The van der Waals surface area contributed by atoms with Crippen molar-refractivity contribution in [2.75, 3.05) is 11.9 Å². The zero-order valence-corrected chi connectivity index (χ0v) is 10.6. The van der Waals surface area contributed by atoms with Gasteiger partial charge in [0.25, 0.3) is 0 Å². The summed E-state index contributed by atoms with van der Waals surface area (Å²) in [7, 11) is 0. The van der Waals surface area contributed by atoms with Crippen LogP contribution in [0.25, 0.3) is 0 Å². The van der Waals surface area contributed by atoms with Crippen LogP contribution in [0.3, 0.4) is 0 Å². The molecule has 5 nitrogen and oxygen atoms in total. The van der Waals surface area contributed by atoms with Gasteiger partial charge in [0.05, 0.1) is 6.54 Å². The van der Waals surface area contributed by atoms with Gasteiger partial charge in [-0.05, 0) is 18.1 Å². The summed E-state index contributed by atoms with van der Waals surface area (Å²) < 4.78 is 0. The molecule has 0 heterocycles. The highest BCUT2D eigenvalue weighted by atomic mass is 16.2. The second-order valence-corrected chi connectivity index (χ2v) is 4.41. The first-order chi connectivity index (χ1) is 8.50. The van der Waals surface area contributed by atoms with Crippen molar-refractivity contribution in [1.82, 2.24) is 5.32 Å². The van der Waals surface area contributed by atoms with Crippen molar-refractivity contribution in [2.45, 2.75) is 19.9 Å². The molecule has 0 saturated heterocycles. The van der Waals surface area contributed by atoms with Crippen LogP contribution in [-0.2, 0) is 9.59 Å². The third-order valence-electron chi connectivity index (χ3n) is 2.52. The number of amides is 2. The van der Waals surface area contributed by atoms with Gasteiger partial charge < -0.3 is 16.4 Å². The SMILES string of the molecule is CC(C)C(NC(=O)CNc1ccccc1)C(N)=O. The monoisotopic (exact) mass is 249 g/mol. The van der Waals surface area contributed by atoms with Crippen LogP contribution in [-0.4, -0.2) is 24.4 Å². The number of anilines is 1. The lowest BCUT2D eigenvalue weighted by Crippen LogP contribution is -2.49. The fourth-order valence-electron chi connectivity index (χ4n) is 1.53. The molecule has 18 heavy (non-hydrogen) atoms. The van der Waals surface area contributed by atoms with E-state index in [1.807, 2.05) is 44.2 Å². The maximum absolute atomic E-state index is 11.7. The summed E-state index contributed by atoms with van der Waals surface area (Å²) in [4.78, 5) is 22.8. The smallest absolute Gasteiger partial charge is 0.240 e. The lowest BCUT2D eigenvalue weighted by molar-refractivity contribution is -0.127. The Morgan fingerprint density at radius 3 is 2.33 bits per heavy atom. The molecule has 0 bridgehead atoms. The van der Waals surface area contributed by atoms with Gasteiger partial charge in [-0.2, -0.15) is 0 Å². The van der Waals surface area contributed by atoms with Gasteiger partial charge in [0, 0.05) is 5.69 Å². The third-order valence-corrected chi connectivity index (χ3v) is 2.52. The van der Waals surface area contributed by atoms with Gasteiger partial charge in [0.1, 0.15) is 6.04 Å². The molecule has 1 aromatic carbocycles. The largest absolute Gasteiger partial charge is 0.376 e. The van der Waals surface area contributed by atoms with Crippen LogP contribution in [0.15, 0.2) is 30.3 Å². The summed E-state index contributed by atoms with van der Waals surface area (Å²) in [5, 5.41) is 5.57. The number of carbonyl (C=O) groups is 2. The summed E-state index contributed by atoms with van der Waals surface area (Å²) in [6.45, 7) is 3.78. The minimum absolute atomic E-state index is 0.0248. The zero-order valence-electron chi connectivity index (χ0n) is 10.6. The van der Waals surface area contributed by atoms with Crippen LogP contribution in [0.1, 0.15) is 13.8 Å². The number of nitrogens with two attached hydrogens (primary N) is 1. The Balaban J connectivity index is 2.44. The average molecular weight is 249 g/mol. The lowest BCUT2D eigenvalue weighted by Gasteiger charge is -2.19. The number of benzene rings is 1. The zero-order chi connectivity index (χ0) is 13.5. The number of carbonyl (C=O) groups excluding carboxylic acids is 2. The number of nitrogens with one attached hydrogen (secondary N) is 2. The quantitative estimate of drug-likeness (QED) is 0.694. The summed E-state index contributed by atoms with van der Waals surface area (Å²) in [5.41, 5.74) is 6.07. The number of primary amides is 1. The first-order valence-corrected chi connectivity index (χ1v) is 5.88. The molecule has 0 aliphatic rings. The van der Waals surface area contributed by atoms with E-state index in [0.29, 0.717) is 0 Å². The molecular formula is C13H19N3O2. The first kappa shape index (κ1) is 14.0. The third kappa shape index (κ3) is 4.45. The Bertz CT molecular complexity index is 404. The van der Waals surface area contributed by atoms with Gasteiger partial charge >= 0.3 is 0 Å². The van der Waals surface area contributed by atoms with Crippen LogP contribution in [0.4, 0.5) is 5.69 Å². The maximum atomic E-state index is 11.7. The summed E-state index contributed by atoms with van der Waals surface area (Å²) >= 11 is 0. The molecule has 0 aliphatic carbocycles. The molecule has 0 fully saturated rings. The molecule has 0 saturated carbocycles. The van der Waals surface area contributed by atoms with E-state index in [1.54, 1.807) is 0 Å². The molecular weight excluding hydrogens is 230 g/mol. The Labute approximate surface area is 107 Å². The van der Waals surface area contributed by atoms with Gasteiger partial charge in [-0.15, -0.1) is 0 Å². The highest BCUT2D eigenvalue weighted by Gasteiger charge is 2.21. The minimum Gasteiger partial charge on any atom is -0.376 e. The van der Waals surface area contributed by atoms with Crippen molar-refractivity contribution in [3.8, 4) is 0 Å². The van der Waals surface area contributed by atoms with Crippen molar-refractivity contribution >= 4 is 17.5 Å². The Morgan fingerprint density at radius 2 is 1.83 bits per heavy atom. The summed E-state index contributed by atoms with van der Waals surface area (Å²) in [5.74, 6) is -0.794. The predicted molar refractivity (Wildman–Crippen MR) is 70.9 cm³/mol. The lowest BCUT2D eigenvalue weighted by atomic mass is 10.0. The molecule has 0 aliphatic heterocycles. The van der Waals surface area contributed by atoms with Crippen LogP contribution < -0.4 is 16.4 Å². The number of hydrogen-bond acceptors (Lipinski definition) is 3. The molecule has 4 N–H and O–H groups in total. The van der Waals surface area contributed by atoms with Crippen LogP contribution in [0, 0.1) is 5.92 Å². The predicted octanol–water partition coefficient (Wildman–Crippen LogP) is 0.725. The van der Waals surface area contributed by atoms with E-state index in [9.17, 15) is 9.59 Å². The fraction of sp³-hybridized carbons (Fsp3) is 0.385. The van der Waals surface area contributed by atoms with E-state index in [1.165, 1.54) is 0 Å². The topological polar surface area (TPSA) is 84.2 Å². The molecule has 1 unspecified atom stereocenters. The first-order valence-electron chi connectivity index (χ1n) is 5.88. The van der Waals surface area contributed by atoms with Crippen molar-refractivity contribution in [3.63, 3.8) is 0 Å². The second kappa shape index (κ2) is 6.64. The molecule has 0 radical (unpaired) electrons. The molecule has 0 spiro atoms. The molecule has 1 aromatic rings. The van der Waals surface area contributed by atoms with E-state index >= 15 is 0 Å². The van der Waals surface area contributed by atoms with Crippen LogP contribution in [0.2, 0.25) is 0 Å². The van der Waals surface area contributed by atoms with Gasteiger partial charge in [-0.1, -0.05) is 32.0 Å². The van der Waals surface area contributed by atoms with Crippen molar-refractivity contribution < 1.29 is 9.59 Å². The van der Waals surface area contributed by atoms with Crippen LogP contribution in [0.5, 0.6) is 0 Å². The highest BCUT2D eigenvalue weighted by molar-refractivity contribution is 5.88. The van der Waals surface area contributed by atoms with Gasteiger partial charge in [0.15, 0.2) is 0 Å². The maximum Gasteiger partial charge on any atom is 0.240 e. The van der Waals surface area contributed by atoms with Crippen LogP contribution >= 0.6 is 0 Å². The molecule has 98 valence electrons. The molecule has 5 heteroatoms. The fourth-order valence-corrected chi connectivity index (χ4v) is 1.53. The van der Waals surface area contributed by atoms with Gasteiger partial charge in [0.2, 0.25) is 11.8 Å². The Kier molecular flexibility index (Phi) is 5.17. The highest BCUT2D eigenvalue weighted by Crippen LogP contribution is 2.04. The number of para-hydroxylation sites is 1. The second-order valence-electron chi connectivity index (χ2n) is 4.41. The van der Waals surface area contributed by atoms with E-state index in [0.717, 1.165) is 5.69 Å². The van der Waals surface area contributed by atoms with E-state index in [4.69, 9.17) is 5.73 Å². The molecule has 2 amide bonds. The Hall–Kier alpha value is -2.04. The van der Waals surface area contributed by atoms with E-state index in [-0.39, 0.29) is 18.4 Å². The minimum atomic E-state index is -0.630. The summed E-state index contributed by atoms with van der Waals surface area (Å²) in [6, 6.07) is 8.74.